The fourth-order valence-corrected chi connectivity index (χ4v) is 6.86. The average Bonchev–Trinajstić information content (AvgIpc) is 3.04. The summed E-state index contributed by atoms with van der Waals surface area (Å²) >= 11 is 0. The van der Waals surface area contributed by atoms with Crippen molar-refractivity contribution >= 4 is 17.5 Å². The van der Waals surface area contributed by atoms with E-state index in [9.17, 15) is 9.59 Å². The van der Waals surface area contributed by atoms with Gasteiger partial charge in [0.1, 0.15) is 0 Å². The van der Waals surface area contributed by atoms with Crippen molar-refractivity contribution in [1.82, 2.24) is 0 Å². The SMILES string of the molecule is Cc1ccc(N2C(=O)[C@@H]3[C@H](C2=O)C2(C)c4ccccc4C3(C)c3ccccc32)c(C)c1. The van der Waals surface area contributed by atoms with Crippen molar-refractivity contribution in [3.8, 4) is 0 Å². The van der Waals surface area contributed by atoms with Gasteiger partial charge in [-0.3, -0.25) is 9.59 Å². The maximum absolute atomic E-state index is 14.0. The Balaban J connectivity index is 1.66. The Kier molecular flexibility index (Phi) is 3.43. The molecule has 3 nitrogen and oxygen atoms in total. The summed E-state index contributed by atoms with van der Waals surface area (Å²) in [6.45, 7) is 8.33. The van der Waals surface area contributed by atoms with Crippen LogP contribution in [0, 0.1) is 25.7 Å². The minimum Gasteiger partial charge on any atom is -0.274 e. The number of nitrogens with zero attached hydrogens (tertiary/aromatic N) is 1. The first kappa shape index (κ1) is 18.6. The van der Waals surface area contributed by atoms with E-state index in [2.05, 4.69) is 62.4 Å². The van der Waals surface area contributed by atoms with Crippen LogP contribution >= 0.6 is 0 Å². The zero-order valence-corrected chi connectivity index (χ0v) is 18.3. The van der Waals surface area contributed by atoms with E-state index in [0.29, 0.717) is 0 Å². The Bertz CT molecular complexity index is 1180. The molecule has 3 aliphatic carbocycles. The van der Waals surface area contributed by atoms with E-state index < -0.39 is 22.7 Å². The molecule has 0 saturated carbocycles. The molecular formula is C28H25NO2. The number of hydrogen-bond acceptors (Lipinski definition) is 2. The summed E-state index contributed by atoms with van der Waals surface area (Å²) in [6, 6.07) is 22.7. The number of amides is 2. The third-order valence-corrected chi connectivity index (χ3v) is 8.24. The van der Waals surface area contributed by atoms with Crippen LogP contribution in [-0.4, -0.2) is 11.8 Å². The van der Waals surface area contributed by atoms with Gasteiger partial charge in [0.05, 0.1) is 17.5 Å². The summed E-state index contributed by atoms with van der Waals surface area (Å²) in [5.41, 5.74) is 6.46. The zero-order valence-electron chi connectivity index (χ0n) is 18.3. The van der Waals surface area contributed by atoms with Gasteiger partial charge in [-0.05, 0) is 47.7 Å². The maximum atomic E-state index is 14.0. The number of imide groups is 1. The summed E-state index contributed by atoms with van der Waals surface area (Å²) in [5.74, 6) is -0.953. The molecule has 1 saturated heterocycles. The Morgan fingerprint density at radius 2 is 1.10 bits per heavy atom. The van der Waals surface area contributed by atoms with Gasteiger partial charge in [-0.1, -0.05) is 80.1 Å². The smallest absolute Gasteiger partial charge is 0.238 e. The monoisotopic (exact) mass is 407 g/mol. The molecule has 3 aromatic rings. The van der Waals surface area contributed by atoms with Crippen molar-refractivity contribution in [3.05, 3.63) is 100 Å². The lowest BCUT2D eigenvalue weighted by Gasteiger charge is -2.57. The van der Waals surface area contributed by atoms with E-state index in [0.717, 1.165) is 16.8 Å². The highest BCUT2D eigenvalue weighted by Gasteiger charge is 2.70. The van der Waals surface area contributed by atoms with Crippen LogP contribution in [0.5, 0.6) is 0 Å². The molecule has 1 fully saturated rings. The Labute approximate surface area is 182 Å². The zero-order chi connectivity index (χ0) is 21.7. The number of carbonyl (C=O) groups is 2. The fourth-order valence-electron chi connectivity index (χ4n) is 6.86. The molecule has 7 rings (SSSR count). The van der Waals surface area contributed by atoms with Crippen molar-refractivity contribution < 1.29 is 9.59 Å². The molecule has 154 valence electrons. The largest absolute Gasteiger partial charge is 0.274 e. The van der Waals surface area contributed by atoms with Crippen LogP contribution in [-0.2, 0) is 20.4 Å². The predicted molar refractivity (Wildman–Crippen MR) is 121 cm³/mol. The van der Waals surface area contributed by atoms with Crippen molar-refractivity contribution in [2.75, 3.05) is 4.90 Å². The molecule has 0 spiro atoms. The van der Waals surface area contributed by atoms with E-state index in [1.54, 1.807) is 0 Å². The van der Waals surface area contributed by atoms with Gasteiger partial charge in [-0.25, -0.2) is 4.90 Å². The lowest BCUT2D eigenvalue weighted by Crippen LogP contribution is -2.59. The van der Waals surface area contributed by atoms with Crippen LogP contribution < -0.4 is 4.90 Å². The molecule has 3 heteroatoms. The quantitative estimate of drug-likeness (QED) is 0.530. The van der Waals surface area contributed by atoms with E-state index in [1.165, 1.54) is 27.2 Å². The molecule has 0 unspecified atom stereocenters. The second kappa shape index (κ2) is 5.73. The van der Waals surface area contributed by atoms with Crippen LogP contribution in [0.2, 0.25) is 0 Å². The van der Waals surface area contributed by atoms with Gasteiger partial charge in [-0.15, -0.1) is 0 Å². The molecule has 2 amide bonds. The van der Waals surface area contributed by atoms with Gasteiger partial charge in [0, 0.05) is 10.8 Å². The molecule has 4 aliphatic rings. The van der Waals surface area contributed by atoms with Gasteiger partial charge in [-0.2, -0.15) is 0 Å². The van der Waals surface area contributed by atoms with Gasteiger partial charge in [0.15, 0.2) is 0 Å². The number of benzene rings is 3. The minimum absolute atomic E-state index is 0.0697. The van der Waals surface area contributed by atoms with Crippen LogP contribution in [0.25, 0.3) is 0 Å². The minimum atomic E-state index is -0.532. The highest BCUT2D eigenvalue weighted by atomic mass is 16.2. The van der Waals surface area contributed by atoms with Gasteiger partial charge in [0.25, 0.3) is 0 Å². The third kappa shape index (κ3) is 1.96. The topological polar surface area (TPSA) is 37.4 Å². The van der Waals surface area contributed by atoms with Crippen molar-refractivity contribution in [1.29, 1.82) is 0 Å². The summed E-state index contributed by atoms with van der Waals surface area (Å²) in [5, 5.41) is 0. The summed E-state index contributed by atoms with van der Waals surface area (Å²) in [6.07, 6.45) is 0. The van der Waals surface area contributed by atoms with Gasteiger partial charge in [0.2, 0.25) is 11.8 Å². The molecule has 3 aromatic carbocycles. The molecule has 1 aliphatic heterocycles. The maximum Gasteiger partial charge on any atom is 0.238 e. The number of aryl methyl sites for hydroxylation is 2. The first-order valence-corrected chi connectivity index (χ1v) is 11.0. The third-order valence-electron chi connectivity index (χ3n) is 8.24. The van der Waals surface area contributed by atoms with Gasteiger partial charge >= 0.3 is 0 Å². The summed E-state index contributed by atoms with van der Waals surface area (Å²) < 4.78 is 0. The molecule has 2 atom stereocenters. The molecule has 2 bridgehead atoms. The number of hydrogen-bond donors (Lipinski definition) is 0. The Hall–Kier alpha value is -3.20. The lowest BCUT2D eigenvalue weighted by atomic mass is 9.42. The van der Waals surface area contributed by atoms with Crippen molar-refractivity contribution in [2.24, 2.45) is 11.8 Å². The van der Waals surface area contributed by atoms with E-state index >= 15 is 0 Å². The molecular weight excluding hydrogens is 382 g/mol. The van der Waals surface area contributed by atoms with Crippen LogP contribution in [0.15, 0.2) is 66.7 Å². The number of anilines is 1. The molecule has 0 radical (unpaired) electrons. The molecule has 1 heterocycles. The van der Waals surface area contributed by atoms with E-state index in [1.807, 2.05) is 32.0 Å². The van der Waals surface area contributed by atoms with Crippen molar-refractivity contribution in [3.63, 3.8) is 0 Å². The van der Waals surface area contributed by atoms with Crippen molar-refractivity contribution in [2.45, 2.75) is 38.5 Å². The lowest BCUT2D eigenvalue weighted by molar-refractivity contribution is -0.124. The predicted octanol–water partition coefficient (Wildman–Crippen LogP) is 5.05. The second-order valence-electron chi connectivity index (χ2n) is 9.75. The standard InChI is InChI=1S/C28H25NO2/c1-16-13-14-22(17(2)15-16)29-25(30)23-24(26(29)31)28(4)20-11-7-5-9-18(20)27(23,3)19-10-6-8-12-21(19)28/h5-15,23-24H,1-4H3/t23-,24+,27?,28?. The molecule has 0 N–H and O–H groups in total. The number of rotatable bonds is 1. The van der Waals surface area contributed by atoms with Gasteiger partial charge < -0.3 is 0 Å². The van der Waals surface area contributed by atoms with Crippen LogP contribution in [0.4, 0.5) is 5.69 Å². The highest BCUT2D eigenvalue weighted by Crippen LogP contribution is 2.66. The molecule has 31 heavy (non-hydrogen) atoms. The highest BCUT2D eigenvalue weighted by molar-refractivity contribution is 6.24. The fraction of sp³-hybridized carbons (Fsp3) is 0.286. The number of carbonyl (C=O) groups excluding carboxylic acids is 2. The Morgan fingerprint density at radius 3 is 1.48 bits per heavy atom. The van der Waals surface area contributed by atoms with Crippen LogP contribution in [0.3, 0.4) is 0 Å². The Morgan fingerprint density at radius 1 is 0.677 bits per heavy atom. The summed E-state index contributed by atoms with van der Waals surface area (Å²) in [4.78, 5) is 29.6. The first-order valence-electron chi connectivity index (χ1n) is 11.0. The van der Waals surface area contributed by atoms with Crippen LogP contribution in [0.1, 0.15) is 47.2 Å². The molecule has 0 aromatic heterocycles. The second-order valence-corrected chi connectivity index (χ2v) is 9.75. The summed E-state index contributed by atoms with van der Waals surface area (Å²) in [7, 11) is 0. The normalized spacial score (nSPS) is 30.3. The van der Waals surface area contributed by atoms with E-state index in [4.69, 9.17) is 0 Å². The van der Waals surface area contributed by atoms with E-state index in [-0.39, 0.29) is 11.8 Å². The average molecular weight is 408 g/mol. The first-order chi connectivity index (χ1) is 14.8.